The molecule has 1 fully saturated rings. The van der Waals surface area contributed by atoms with E-state index in [1.165, 1.54) is 12.8 Å². The Morgan fingerprint density at radius 3 is 2.89 bits per heavy atom. The van der Waals surface area contributed by atoms with Gasteiger partial charge in [-0.25, -0.2) is 0 Å². The van der Waals surface area contributed by atoms with Gasteiger partial charge in [-0.05, 0) is 52.0 Å². The van der Waals surface area contributed by atoms with E-state index in [-0.39, 0.29) is 12.1 Å². The summed E-state index contributed by atoms with van der Waals surface area (Å²) in [4.78, 5) is 4.82. The zero-order valence-corrected chi connectivity index (χ0v) is 12.4. The molecule has 0 aromatic carbocycles. The molecule has 0 amide bonds. The van der Waals surface area contributed by atoms with Crippen molar-refractivity contribution in [1.29, 1.82) is 0 Å². The van der Waals surface area contributed by atoms with Crippen LogP contribution in [0.2, 0.25) is 0 Å². The van der Waals surface area contributed by atoms with Crippen LogP contribution in [0.1, 0.15) is 38.0 Å². The molecule has 0 bridgehead atoms. The van der Waals surface area contributed by atoms with Gasteiger partial charge >= 0.3 is 0 Å². The molecule has 1 aliphatic rings. The predicted octanol–water partition coefficient (Wildman–Crippen LogP) is 2.08. The molecule has 4 nitrogen and oxygen atoms in total. The van der Waals surface area contributed by atoms with Crippen LogP contribution in [0.3, 0.4) is 0 Å². The van der Waals surface area contributed by atoms with E-state index in [1.54, 1.807) is 6.26 Å². The molecule has 0 saturated carbocycles. The van der Waals surface area contributed by atoms with Crippen LogP contribution in [0.4, 0.5) is 0 Å². The van der Waals surface area contributed by atoms with Crippen molar-refractivity contribution in [3.05, 3.63) is 24.2 Å². The second-order valence-electron chi connectivity index (χ2n) is 5.79. The first kappa shape index (κ1) is 14.6. The first-order valence-corrected chi connectivity index (χ1v) is 7.33. The van der Waals surface area contributed by atoms with Gasteiger partial charge in [-0.1, -0.05) is 6.92 Å². The number of likely N-dealkylation sites (tertiary alicyclic amines) is 1. The maximum Gasteiger partial charge on any atom is 0.122 e. The van der Waals surface area contributed by atoms with E-state index in [2.05, 4.69) is 36.9 Å². The first-order chi connectivity index (χ1) is 9.13. The molecule has 3 unspecified atom stereocenters. The Morgan fingerprint density at radius 1 is 1.53 bits per heavy atom. The highest BCUT2D eigenvalue weighted by Crippen LogP contribution is 2.29. The second-order valence-corrected chi connectivity index (χ2v) is 5.79. The Labute approximate surface area is 116 Å². The van der Waals surface area contributed by atoms with Crippen LogP contribution < -0.4 is 5.73 Å². The summed E-state index contributed by atoms with van der Waals surface area (Å²) >= 11 is 0. The molecule has 3 atom stereocenters. The molecular formula is C15H27N3O. The molecule has 2 heterocycles. The fourth-order valence-corrected chi connectivity index (χ4v) is 3.00. The fourth-order valence-electron chi connectivity index (χ4n) is 3.00. The van der Waals surface area contributed by atoms with Crippen molar-refractivity contribution in [3.8, 4) is 0 Å². The quantitative estimate of drug-likeness (QED) is 0.885. The monoisotopic (exact) mass is 265 g/mol. The van der Waals surface area contributed by atoms with Crippen molar-refractivity contribution in [3.63, 3.8) is 0 Å². The fraction of sp³-hybridized carbons (Fsp3) is 0.733. The van der Waals surface area contributed by atoms with Crippen molar-refractivity contribution < 1.29 is 4.42 Å². The third-order valence-electron chi connectivity index (χ3n) is 4.26. The van der Waals surface area contributed by atoms with Gasteiger partial charge < -0.3 is 15.1 Å². The molecule has 108 valence electrons. The van der Waals surface area contributed by atoms with E-state index >= 15 is 0 Å². The van der Waals surface area contributed by atoms with Gasteiger partial charge in [0.05, 0.1) is 12.3 Å². The van der Waals surface area contributed by atoms with E-state index in [4.69, 9.17) is 10.2 Å². The topological polar surface area (TPSA) is 45.6 Å². The van der Waals surface area contributed by atoms with Crippen molar-refractivity contribution in [2.24, 2.45) is 5.73 Å². The smallest absolute Gasteiger partial charge is 0.122 e. The third-order valence-corrected chi connectivity index (χ3v) is 4.26. The van der Waals surface area contributed by atoms with Crippen molar-refractivity contribution >= 4 is 0 Å². The minimum Gasteiger partial charge on any atom is -0.468 e. The van der Waals surface area contributed by atoms with Gasteiger partial charge in [0.25, 0.3) is 0 Å². The predicted molar refractivity (Wildman–Crippen MR) is 78.0 cm³/mol. The summed E-state index contributed by atoms with van der Waals surface area (Å²) in [6.07, 6.45) is 5.22. The maximum absolute atomic E-state index is 6.35. The first-order valence-electron chi connectivity index (χ1n) is 7.33. The lowest BCUT2D eigenvalue weighted by molar-refractivity contribution is 0.0731. The number of hydrogen-bond donors (Lipinski definition) is 1. The summed E-state index contributed by atoms with van der Waals surface area (Å²) in [5.74, 6) is 1.01. The molecule has 0 aliphatic carbocycles. The Balaban J connectivity index is 2.14. The molecule has 19 heavy (non-hydrogen) atoms. The van der Waals surface area contributed by atoms with E-state index in [1.807, 2.05) is 6.07 Å². The van der Waals surface area contributed by atoms with Gasteiger partial charge in [-0.3, -0.25) is 4.90 Å². The molecule has 1 aromatic rings. The van der Waals surface area contributed by atoms with Crippen molar-refractivity contribution in [2.75, 3.05) is 27.2 Å². The highest BCUT2D eigenvalue weighted by Gasteiger charge is 2.32. The van der Waals surface area contributed by atoms with E-state index < -0.39 is 0 Å². The molecule has 2 rings (SSSR count). The SMILES string of the molecule is CCC(N)C(c1ccco1)N1CCCC(N(C)C)C1. The van der Waals surface area contributed by atoms with E-state index in [0.29, 0.717) is 6.04 Å². The minimum absolute atomic E-state index is 0.132. The van der Waals surface area contributed by atoms with Crippen LogP contribution in [0.5, 0.6) is 0 Å². The van der Waals surface area contributed by atoms with Crippen LogP contribution in [0.15, 0.2) is 22.8 Å². The van der Waals surface area contributed by atoms with Gasteiger partial charge in [-0.2, -0.15) is 0 Å². The number of furan rings is 1. The van der Waals surface area contributed by atoms with Gasteiger partial charge in [0.2, 0.25) is 0 Å². The summed E-state index contributed by atoms with van der Waals surface area (Å²) in [6, 6.07) is 4.97. The van der Waals surface area contributed by atoms with Crippen LogP contribution in [0.25, 0.3) is 0 Å². The van der Waals surface area contributed by atoms with Gasteiger partial charge in [-0.15, -0.1) is 0 Å². The average molecular weight is 265 g/mol. The molecule has 1 aromatic heterocycles. The Hall–Kier alpha value is -0.840. The standard InChI is InChI=1S/C15H27N3O/c1-4-13(16)15(14-8-6-10-19-14)18-9-5-7-12(11-18)17(2)3/h6,8,10,12-13,15H,4-5,7,9,11,16H2,1-3H3. The molecule has 1 aliphatic heterocycles. The maximum atomic E-state index is 6.35. The summed E-state index contributed by atoms with van der Waals surface area (Å²) in [5.41, 5.74) is 6.35. The largest absolute Gasteiger partial charge is 0.468 e. The lowest BCUT2D eigenvalue weighted by atomic mass is 9.97. The lowest BCUT2D eigenvalue weighted by Crippen LogP contribution is -2.50. The van der Waals surface area contributed by atoms with Crippen molar-refractivity contribution in [2.45, 2.75) is 44.3 Å². The second kappa shape index (κ2) is 6.55. The van der Waals surface area contributed by atoms with Crippen LogP contribution in [-0.4, -0.2) is 49.1 Å². The molecule has 1 saturated heterocycles. The molecule has 2 N–H and O–H groups in total. The Kier molecular flexibility index (Phi) is 5.02. The highest BCUT2D eigenvalue weighted by molar-refractivity contribution is 5.08. The molecule has 0 spiro atoms. The number of rotatable bonds is 5. The van der Waals surface area contributed by atoms with Crippen LogP contribution in [-0.2, 0) is 0 Å². The van der Waals surface area contributed by atoms with Gasteiger partial charge in [0.1, 0.15) is 5.76 Å². The Bertz CT molecular complexity index is 363. The zero-order chi connectivity index (χ0) is 13.8. The summed E-state index contributed by atoms with van der Waals surface area (Å²) in [7, 11) is 4.33. The van der Waals surface area contributed by atoms with Crippen LogP contribution in [0, 0.1) is 0 Å². The average Bonchev–Trinajstić information content (AvgIpc) is 2.93. The van der Waals surface area contributed by atoms with E-state index in [9.17, 15) is 0 Å². The summed E-state index contributed by atoms with van der Waals surface area (Å²) in [5, 5.41) is 0. The summed E-state index contributed by atoms with van der Waals surface area (Å²) in [6.45, 7) is 4.34. The molecule has 0 radical (unpaired) electrons. The molecule has 4 heteroatoms. The normalized spacial score (nSPS) is 24.6. The Morgan fingerprint density at radius 2 is 2.32 bits per heavy atom. The lowest BCUT2D eigenvalue weighted by Gasteiger charge is -2.41. The minimum atomic E-state index is 0.132. The number of nitrogens with two attached hydrogens (primary N) is 1. The molecular weight excluding hydrogens is 238 g/mol. The summed E-state index contributed by atoms with van der Waals surface area (Å²) < 4.78 is 5.63. The number of hydrogen-bond acceptors (Lipinski definition) is 4. The number of likely N-dealkylation sites (N-methyl/N-ethyl adjacent to an activating group) is 1. The number of piperidine rings is 1. The van der Waals surface area contributed by atoms with Crippen molar-refractivity contribution in [1.82, 2.24) is 9.80 Å². The highest BCUT2D eigenvalue weighted by atomic mass is 16.3. The third kappa shape index (κ3) is 3.38. The van der Waals surface area contributed by atoms with Gasteiger partial charge in [0.15, 0.2) is 0 Å². The van der Waals surface area contributed by atoms with E-state index in [0.717, 1.165) is 25.3 Å². The van der Waals surface area contributed by atoms with Crippen LogP contribution >= 0.6 is 0 Å². The van der Waals surface area contributed by atoms with Gasteiger partial charge in [0, 0.05) is 18.6 Å². The zero-order valence-electron chi connectivity index (χ0n) is 12.4. The number of nitrogens with zero attached hydrogens (tertiary/aromatic N) is 2.